The highest BCUT2D eigenvalue weighted by atomic mass is 35.5. The van der Waals surface area contributed by atoms with Gasteiger partial charge in [-0.1, -0.05) is 23.2 Å². The summed E-state index contributed by atoms with van der Waals surface area (Å²) in [7, 11) is -3.61. The molecule has 88 valence electrons. The highest BCUT2D eigenvalue weighted by Crippen LogP contribution is 2.44. The van der Waals surface area contributed by atoms with Gasteiger partial charge >= 0.3 is 0 Å². The van der Waals surface area contributed by atoms with Crippen LogP contribution < -0.4 is 0 Å². The molecule has 0 saturated heterocycles. The number of rotatable bonds is 5. The summed E-state index contributed by atoms with van der Waals surface area (Å²) in [5.41, 5.74) is 0. The smallest absolute Gasteiger partial charge is 0.212 e. The van der Waals surface area contributed by atoms with Gasteiger partial charge in [0.1, 0.15) is 6.54 Å². The lowest BCUT2D eigenvalue weighted by Gasteiger charge is -2.25. The average Bonchev–Trinajstić information content (AvgIpc) is 2.01. The van der Waals surface area contributed by atoms with Gasteiger partial charge in [-0.25, -0.2) is 8.42 Å². The highest BCUT2D eigenvalue weighted by Gasteiger charge is 2.38. The van der Waals surface area contributed by atoms with Gasteiger partial charge in [0.2, 0.25) is 13.7 Å². The molecule has 0 rings (SSSR count). The number of sulfonamides is 1. The molecule has 0 aromatic rings. The van der Waals surface area contributed by atoms with Crippen molar-refractivity contribution in [3.05, 3.63) is 0 Å². The summed E-state index contributed by atoms with van der Waals surface area (Å²) < 4.78 is 21.3. The van der Waals surface area contributed by atoms with Crippen molar-refractivity contribution in [1.82, 2.24) is 3.71 Å². The van der Waals surface area contributed by atoms with E-state index in [0.717, 1.165) is 6.26 Å². The minimum atomic E-state index is -3.61. The molecule has 0 aromatic carbocycles. The molecule has 4 nitrogen and oxygen atoms in total. The number of hydrogen-bond acceptors (Lipinski definition) is 4. The van der Waals surface area contributed by atoms with Gasteiger partial charge < -0.3 is 0 Å². The number of hydrogen-bond donors (Lipinski definition) is 0. The van der Waals surface area contributed by atoms with Crippen LogP contribution in [-0.4, -0.2) is 33.4 Å². The summed E-state index contributed by atoms with van der Waals surface area (Å²) in [5.74, 6) is 0. The van der Waals surface area contributed by atoms with Crippen molar-refractivity contribution in [1.29, 1.82) is 5.26 Å². The molecule has 0 atom stereocenters. The quantitative estimate of drug-likeness (QED) is 0.441. The maximum absolute atomic E-state index is 11.2. The second-order valence-electron chi connectivity index (χ2n) is 2.34. The zero-order chi connectivity index (χ0) is 12.3. The van der Waals surface area contributed by atoms with Crippen LogP contribution in [0.4, 0.5) is 0 Å². The summed E-state index contributed by atoms with van der Waals surface area (Å²) in [6.45, 7) is -0.398. The molecular formula is C5H6Cl4N2O2S2. The fourth-order valence-corrected chi connectivity index (χ4v) is 3.09. The topological polar surface area (TPSA) is 61.2 Å². The molecule has 0 bridgehead atoms. The zero-order valence-electron chi connectivity index (χ0n) is 7.32. The Kier molecular flexibility index (Phi) is 6.37. The largest absolute Gasteiger partial charge is 0.221 e. The predicted molar refractivity (Wildman–Crippen MR) is 64.7 cm³/mol. The summed E-state index contributed by atoms with van der Waals surface area (Å²) in [6, 6.07) is 1.66. The van der Waals surface area contributed by atoms with Crippen molar-refractivity contribution >= 4 is 68.4 Å². The van der Waals surface area contributed by atoms with Crippen LogP contribution in [0.25, 0.3) is 0 Å². The molecule has 15 heavy (non-hydrogen) atoms. The third kappa shape index (κ3) is 5.68. The zero-order valence-corrected chi connectivity index (χ0v) is 12.0. The average molecular weight is 332 g/mol. The molecule has 0 spiro atoms. The molecule has 0 aliphatic heterocycles. The van der Waals surface area contributed by atoms with Crippen LogP contribution in [0, 0.1) is 11.3 Å². The van der Waals surface area contributed by atoms with Crippen molar-refractivity contribution in [2.75, 3.05) is 12.8 Å². The normalized spacial score (nSPS) is 13.2. The molecule has 0 aliphatic carbocycles. The maximum Gasteiger partial charge on any atom is 0.221 e. The van der Waals surface area contributed by atoms with Gasteiger partial charge in [0, 0.05) is 0 Å². The predicted octanol–water partition coefficient (Wildman–Crippen LogP) is 2.35. The molecule has 0 aliphatic rings. The van der Waals surface area contributed by atoms with E-state index in [-0.39, 0.29) is 0 Å². The second kappa shape index (κ2) is 6.01. The monoisotopic (exact) mass is 330 g/mol. The molecule has 0 fully saturated rings. The Morgan fingerprint density at radius 2 is 2.00 bits per heavy atom. The van der Waals surface area contributed by atoms with Gasteiger partial charge in [-0.15, -0.1) is 26.9 Å². The van der Waals surface area contributed by atoms with E-state index in [0.29, 0.717) is 15.7 Å². The number of nitriles is 1. The van der Waals surface area contributed by atoms with Crippen molar-refractivity contribution in [3.63, 3.8) is 0 Å². The van der Waals surface area contributed by atoms with Gasteiger partial charge in [0.15, 0.2) is 4.84 Å². The van der Waals surface area contributed by atoms with Crippen molar-refractivity contribution in [2.45, 2.75) is 8.50 Å². The first kappa shape index (κ1) is 15.9. The van der Waals surface area contributed by atoms with E-state index in [1.165, 1.54) is 0 Å². The fourth-order valence-electron chi connectivity index (χ4n) is 0.451. The summed E-state index contributed by atoms with van der Waals surface area (Å²) >= 11 is 22.7. The van der Waals surface area contributed by atoms with Crippen molar-refractivity contribution in [2.24, 2.45) is 0 Å². The van der Waals surface area contributed by atoms with E-state index in [9.17, 15) is 8.42 Å². The Hall–Kier alpha value is 0.910. The van der Waals surface area contributed by atoms with Gasteiger partial charge in [-0.05, 0) is 11.9 Å². The molecule has 0 saturated carbocycles. The Balaban J connectivity index is 4.80. The first-order chi connectivity index (χ1) is 6.61. The lowest BCUT2D eigenvalue weighted by Crippen LogP contribution is -2.31. The minimum Gasteiger partial charge on any atom is -0.212 e. The summed E-state index contributed by atoms with van der Waals surface area (Å²) in [4.78, 5) is -1.20. The first-order valence-corrected chi connectivity index (χ1v) is 7.56. The second-order valence-corrected chi connectivity index (χ2v) is 8.67. The number of alkyl halides is 4. The van der Waals surface area contributed by atoms with E-state index in [1.807, 2.05) is 0 Å². The maximum atomic E-state index is 11.2. The van der Waals surface area contributed by atoms with Gasteiger partial charge in [0.25, 0.3) is 0 Å². The molecular weight excluding hydrogens is 326 g/mol. The third-order valence-electron chi connectivity index (χ3n) is 1.05. The van der Waals surface area contributed by atoms with E-state index >= 15 is 0 Å². The van der Waals surface area contributed by atoms with Gasteiger partial charge in [-0.2, -0.15) is 5.26 Å². The number of halogens is 4. The van der Waals surface area contributed by atoms with Crippen LogP contribution in [-0.2, 0) is 10.0 Å². The number of nitrogens with zero attached hydrogens (tertiary/aromatic N) is 2. The van der Waals surface area contributed by atoms with Crippen molar-refractivity contribution in [3.8, 4) is 6.07 Å². The van der Waals surface area contributed by atoms with E-state index in [2.05, 4.69) is 0 Å². The SMILES string of the molecule is CS(=O)(=O)N(CC#N)SC(Cl)(Cl)C(Cl)Cl. The van der Waals surface area contributed by atoms with Crippen LogP contribution in [0.3, 0.4) is 0 Å². The third-order valence-corrected chi connectivity index (χ3v) is 5.97. The molecule has 10 heteroatoms. The van der Waals surface area contributed by atoms with Gasteiger partial charge in [-0.3, -0.25) is 0 Å². The van der Waals surface area contributed by atoms with E-state index < -0.39 is 25.1 Å². The molecule has 0 N–H and O–H groups in total. The van der Waals surface area contributed by atoms with Gasteiger partial charge in [0.05, 0.1) is 12.3 Å². The lowest BCUT2D eigenvalue weighted by molar-refractivity contribution is 0.563. The molecule has 0 heterocycles. The Labute approximate surface area is 113 Å². The molecule has 0 radical (unpaired) electrons. The standard InChI is InChI=1S/C5H6Cl4N2O2S2/c1-15(12,13)11(3-2-10)14-5(8,9)4(6)7/h4H,3H2,1H3. The van der Waals surface area contributed by atoms with Crippen LogP contribution in [0.1, 0.15) is 0 Å². The lowest BCUT2D eigenvalue weighted by atomic mass is 10.8. The Morgan fingerprint density at radius 1 is 1.53 bits per heavy atom. The first-order valence-electron chi connectivity index (χ1n) is 3.31. The van der Waals surface area contributed by atoms with Crippen LogP contribution >= 0.6 is 58.4 Å². The summed E-state index contributed by atoms with van der Waals surface area (Å²) in [5, 5.41) is 8.41. The fraction of sp³-hybridized carbons (Fsp3) is 0.800. The van der Waals surface area contributed by atoms with Crippen LogP contribution in [0.2, 0.25) is 0 Å². The Bertz CT molecular complexity index is 351. The van der Waals surface area contributed by atoms with Crippen LogP contribution in [0.15, 0.2) is 0 Å². The van der Waals surface area contributed by atoms with E-state index in [1.54, 1.807) is 6.07 Å². The molecule has 0 aromatic heterocycles. The minimum absolute atomic E-state index is 0.398. The molecule has 0 amide bonds. The van der Waals surface area contributed by atoms with Crippen LogP contribution in [0.5, 0.6) is 0 Å². The molecule has 0 unspecified atom stereocenters. The van der Waals surface area contributed by atoms with E-state index in [4.69, 9.17) is 51.7 Å². The summed E-state index contributed by atoms with van der Waals surface area (Å²) in [6.07, 6.45) is 0.915. The van der Waals surface area contributed by atoms with Crippen molar-refractivity contribution < 1.29 is 8.42 Å². The highest BCUT2D eigenvalue weighted by molar-refractivity contribution is 8.10. The Morgan fingerprint density at radius 3 is 2.27 bits per heavy atom.